The van der Waals surface area contributed by atoms with Crippen molar-refractivity contribution < 1.29 is 63.1 Å². The standard InChI is InChI=1S/C49H85O13P/c1-3-5-7-9-11-13-15-17-19-20-21-22-24-25-27-29-31-33-35-37-42(50)59-39-41(40-60-63(57,58)62-49-47(55)45(53)44(52)46(54)48(49)56)61-43(51)38-36-34-32-30-28-26-23-18-16-14-12-10-8-6-4-2/h11,13,17,19,21-22,25,27,32,34,41,44-49,52-56H,3-10,12,14-16,18,20,23-24,26,28-31,33,35-40H2,1-2H3,(H,57,58)/b13-11+,19-17+,22-21+,27-25+,34-32+/t41-,44?,45-,46?,47?,48?,49?/m0/s1. The van der Waals surface area contributed by atoms with Crippen LogP contribution in [0.2, 0.25) is 0 Å². The summed E-state index contributed by atoms with van der Waals surface area (Å²) in [6, 6.07) is 0. The number of phosphoric ester groups is 1. The number of ether oxygens (including phenoxy) is 2. The molecule has 0 aromatic heterocycles. The molecule has 1 saturated carbocycles. The molecular formula is C49H85O13P. The van der Waals surface area contributed by atoms with Gasteiger partial charge < -0.3 is 39.9 Å². The van der Waals surface area contributed by atoms with Crippen molar-refractivity contribution >= 4 is 19.8 Å². The van der Waals surface area contributed by atoms with Gasteiger partial charge in [0.05, 0.1) is 6.61 Å². The molecular weight excluding hydrogens is 827 g/mol. The first-order chi connectivity index (χ1) is 30.4. The molecule has 14 heteroatoms. The molecule has 0 aliphatic heterocycles. The molecule has 13 nitrogen and oxygen atoms in total. The van der Waals surface area contributed by atoms with E-state index in [2.05, 4.69) is 62.5 Å². The van der Waals surface area contributed by atoms with Crippen molar-refractivity contribution in [1.29, 1.82) is 0 Å². The highest BCUT2D eigenvalue weighted by Gasteiger charge is 2.51. The fraction of sp³-hybridized carbons (Fsp3) is 0.755. The summed E-state index contributed by atoms with van der Waals surface area (Å²) in [7, 11) is -5.14. The predicted octanol–water partition coefficient (Wildman–Crippen LogP) is 9.73. The van der Waals surface area contributed by atoms with Gasteiger partial charge >= 0.3 is 19.8 Å². The van der Waals surface area contributed by atoms with E-state index < -0.39 is 75.7 Å². The molecule has 6 unspecified atom stereocenters. The Kier molecular flexibility index (Phi) is 36.1. The minimum Gasteiger partial charge on any atom is -0.462 e. The number of aliphatic hydroxyl groups is 5. The maximum absolute atomic E-state index is 12.8. The van der Waals surface area contributed by atoms with Crippen molar-refractivity contribution in [2.45, 2.75) is 224 Å². The molecule has 0 bridgehead atoms. The lowest BCUT2D eigenvalue weighted by atomic mass is 9.85. The lowest BCUT2D eigenvalue weighted by molar-refractivity contribution is -0.220. The summed E-state index contributed by atoms with van der Waals surface area (Å²) in [6.07, 6.45) is 34.3. The van der Waals surface area contributed by atoms with Gasteiger partial charge in [0.2, 0.25) is 0 Å². The first kappa shape index (κ1) is 58.6. The van der Waals surface area contributed by atoms with Gasteiger partial charge in [-0.2, -0.15) is 0 Å². The maximum atomic E-state index is 12.8. The van der Waals surface area contributed by atoms with Crippen molar-refractivity contribution in [3.63, 3.8) is 0 Å². The zero-order valence-electron chi connectivity index (χ0n) is 38.6. The van der Waals surface area contributed by atoms with E-state index in [1.54, 1.807) is 0 Å². The van der Waals surface area contributed by atoms with E-state index in [1.165, 1.54) is 77.0 Å². The topological polar surface area (TPSA) is 210 Å². The normalized spacial score (nSPS) is 22.2. The summed E-state index contributed by atoms with van der Waals surface area (Å²) >= 11 is 0. The first-order valence-electron chi connectivity index (χ1n) is 24.1. The van der Waals surface area contributed by atoms with Crippen molar-refractivity contribution in [2.75, 3.05) is 13.2 Å². The van der Waals surface area contributed by atoms with Crippen molar-refractivity contribution in [3.05, 3.63) is 60.8 Å². The number of unbranched alkanes of at least 4 members (excludes halogenated alkanes) is 17. The summed E-state index contributed by atoms with van der Waals surface area (Å²) in [4.78, 5) is 35.7. The molecule has 1 fully saturated rings. The number of hydrogen-bond donors (Lipinski definition) is 6. The van der Waals surface area contributed by atoms with Crippen LogP contribution in [0.3, 0.4) is 0 Å². The summed E-state index contributed by atoms with van der Waals surface area (Å²) in [5.74, 6) is -1.19. The molecule has 0 saturated heterocycles. The fourth-order valence-electron chi connectivity index (χ4n) is 6.93. The van der Waals surface area contributed by atoms with Gasteiger partial charge in [-0.25, -0.2) is 4.57 Å². The molecule has 6 N–H and O–H groups in total. The Morgan fingerprint density at radius 2 is 0.889 bits per heavy atom. The smallest absolute Gasteiger partial charge is 0.462 e. The van der Waals surface area contributed by atoms with E-state index >= 15 is 0 Å². The van der Waals surface area contributed by atoms with Gasteiger partial charge in [-0.15, -0.1) is 0 Å². The fourth-order valence-corrected chi connectivity index (χ4v) is 7.91. The van der Waals surface area contributed by atoms with Crippen LogP contribution in [0.25, 0.3) is 0 Å². The molecule has 0 aromatic carbocycles. The highest BCUT2D eigenvalue weighted by atomic mass is 31.2. The molecule has 0 aromatic rings. The number of phosphoric acid groups is 1. The SMILES string of the molecule is CCCCC/C=C/C/C=C/C/C=C/C/C=C/CCCCCC(=O)OC[C@@H](COP(=O)(O)OC1C(O)C(O)C(O)[C@H](O)C1O)OC(=O)CC/C=C/CCCCCCCCCCCCC. The van der Waals surface area contributed by atoms with Crippen molar-refractivity contribution in [1.82, 2.24) is 0 Å². The van der Waals surface area contributed by atoms with Gasteiger partial charge in [-0.1, -0.05) is 158 Å². The largest absolute Gasteiger partial charge is 0.472 e. The van der Waals surface area contributed by atoms with Gasteiger partial charge in [-0.3, -0.25) is 18.6 Å². The van der Waals surface area contributed by atoms with E-state index in [4.69, 9.17) is 18.5 Å². The molecule has 364 valence electrons. The number of carbonyl (C=O) groups excluding carboxylic acids is 2. The average Bonchev–Trinajstić information content (AvgIpc) is 3.26. The van der Waals surface area contributed by atoms with Crippen LogP contribution in [-0.2, 0) is 32.7 Å². The van der Waals surface area contributed by atoms with E-state index in [9.17, 15) is 44.6 Å². The van der Waals surface area contributed by atoms with Crippen LogP contribution >= 0.6 is 7.82 Å². The van der Waals surface area contributed by atoms with E-state index in [-0.39, 0.29) is 12.8 Å². The zero-order chi connectivity index (χ0) is 46.4. The highest BCUT2D eigenvalue weighted by molar-refractivity contribution is 7.47. The summed E-state index contributed by atoms with van der Waals surface area (Å²) in [5.41, 5.74) is 0. The van der Waals surface area contributed by atoms with Crippen LogP contribution in [0.5, 0.6) is 0 Å². The van der Waals surface area contributed by atoms with Crippen molar-refractivity contribution in [3.8, 4) is 0 Å². The van der Waals surface area contributed by atoms with Crippen molar-refractivity contribution in [2.24, 2.45) is 0 Å². The zero-order valence-corrected chi connectivity index (χ0v) is 39.5. The van der Waals surface area contributed by atoms with Gasteiger partial charge in [-0.05, 0) is 70.6 Å². The second kappa shape index (κ2) is 38.8. The molecule has 0 spiro atoms. The molecule has 0 radical (unpaired) electrons. The highest BCUT2D eigenvalue weighted by Crippen LogP contribution is 2.47. The van der Waals surface area contributed by atoms with E-state index in [0.29, 0.717) is 12.8 Å². The Hall–Kier alpha value is -2.45. The minimum atomic E-state index is -5.14. The number of esters is 2. The predicted molar refractivity (Wildman–Crippen MR) is 249 cm³/mol. The lowest BCUT2D eigenvalue weighted by Crippen LogP contribution is -2.64. The van der Waals surface area contributed by atoms with Crippen LogP contribution in [-0.4, -0.2) is 98.3 Å². The van der Waals surface area contributed by atoms with Crippen LogP contribution in [0.15, 0.2) is 60.8 Å². The summed E-state index contributed by atoms with van der Waals surface area (Å²) < 4.78 is 33.5. The number of allylic oxidation sites excluding steroid dienone is 10. The van der Waals surface area contributed by atoms with Crippen LogP contribution in [0.4, 0.5) is 0 Å². The third-order valence-electron chi connectivity index (χ3n) is 10.8. The molecule has 63 heavy (non-hydrogen) atoms. The Morgan fingerprint density at radius 1 is 0.492 bits per heavy atom. The van der Waals surface area contributed by atoms with Gasteiger partial charge in [0.15, 0.2) is 6.10 Å². The Labute approximate surface area is 379 Å². The Bertz CT molecular complexity index is 1330. The number of aliphatic hydroxyl groups excluding tert-OH is 5. The minimum absolute atomic E-state index is 0.00446. The monoisotopic (exact) mass is 913 g/mol. The molecule has 0 amide bonds. The van der Waals surface area contributed by atoms with E-state index in [0.717, 1.165) is 64.2 Å². The Balaban J connectivity index is 2.49. The molecule has 1 rings (SSSR count). The lowest BCUT2D eigenvalue weighted by Gasteiger charge is -2.41. The Morgan fingerprint density at radius 3 is 1.41 bits per heavy atom. The average molecular weight is 913 g/mol. The van der Waals surface area contributed by atoms with Gasteiger partial charge in [0.25, 0.3) is 0 Å². The van der Waals surface area contributed by atoms with Crippen LogP contribution in [0.1, 0.15) is 181 Å². The van der Waals surface area contributed by atoms with E-state index in [1.807, 2.05) is 12.2 Å². The second-order valence-corrected chi connectivity index (χ2v) is 18.0. The second-order valence-electron chi connectivity index (χ2n) is 16.6. The van der Waals surface area contributed by atoms with Gasteiger partial charge in [0.1, 0.15) is 43.2 Å². The molecule has 1 aliphatic rings. The van der Waals surface area contributed by atoms with Crippen LogP contribution < -0.4 is 0 Å². The number of rotatable bonds is 39. The summed E-state index contributed by atoms with van der Waals surface area (Å²) in [5, 5.41) is 50.2. The third kappa shape index (κ3) is 31.2. The molecule has 8 atom stereocenters. The molecule has 0 heterocycles. The summed E-state index contributed by atoms with van der Waals surface area (Å²) in [6.45, 7) is 3.21. The quantitative estimate of drug-likeness (QED) is 0.0147. The number of hydrogen-bond acceptors (Lipinski definition) is 12. The molecule has 1 aliphatic carbocycles. The number of carbonyl (C=O) groups is 2. The maximum Gasteiger partial charge on any atom is 0.472 e. The third-order valence-corrected chi connectivity index (χ3v) is 11.8. The van der Waals surface area contributed by atoms with Gasteiger partial charge in [0, 0.05) is 12.8 Å². The van der Waals surface area contributed by atoms with Crippen LogP contribution in [0, 0.1) is 0 Å². The first-order valence-corrected chi connectivity index (χ1v) is 25.6.